The van der Waals surface area contributed by atoms with Gasteiger partial charge in [0.1, 0.15) is 0 Å². The largest absolute Gasteiger partial charge is 0.370 e. The summed E-state index contributed by atoms with van der Waals surface area (Å²) in [5.41, 5.74) is 12.0. The van der Waals surface area contributed by atoms with E-state index in [1.54, 1.807) is 23.1 Å². The van der Waals surface area contributed by atoms with E-state index in [1.807, 2.05) is 36.1 Å². The molecule has 0 bridgehead atoms. The number of carbonyl (C=O) groups is 2. The zero-order valence-corrected chi connectivity index (χ0v) is 17.1. The SMILES string of the molecule is CN1CCN(C(=O)c2cc(C(=O)N=C(N)N)cc(-n3cccc3)c2)CC1.Cl.Cl. The van der Waals surface area contributed by atoms with Crippen LogP contribution in [-0.2, 0) is 0 Å². The molecule has 4 N–H and O–H groups in total. The summed E-state index contributed by atoms with van der Waals surface area (Å²) < 4.78 is 1.83. The van der Waals surface area contributed by atoms with Crippen molar-refractivity contribution in [1.29, 1.82) is 0 Å². The maximum absolute atomic E-state index is 12.9. The van der Waals surface area contributed by atoms with E-state index in [2.05, 4.69) is 9.89 Å². The van der Waals surface area contributed by atoms with Gasteiger partial charge in [0.05, 0.1) is 0 Å². The van der Waals surface area contributed by atoms with Crippen LogP contribution in [0.2, 0.25) is 0 Å². The normalized spacial score (nSPS) is 13.8. The molecular formula is C18H24Cl2N6O2. The van der Waals surface area contributed by atoms with E-state index in [-0.39, 0.29) is 42.2 Å². The van der Waals surface area contributed by atoms with E-state index in [0.29, 0.717) is 24.3 Å². The molecule has 1 saturated heterocycles. The summed E-state index contributed by atoms with van der Waals surface area (Å²) in [5.74, 6) is -0.995. The van der Waals surface area contributed by atoms with Crippen LogP contribution in [0.15, 0.2) is 47.7 Å². The van der Waals surface area contributed by atoms with Crippen molar-refractivity contribution in [2.75, 3.05) is 33.2 Å². The number of nitrogens with two attached hydrogens (primary N) is 2. The molecule has 10 heteroatoms. The van der Waals surface area contributed by atoms with Crippen LogP contribution in [0.5, 0.6) is 0 Å². The van der Waals surface area contributed by atoms with Crippen LogP contribution in [0, 0.1) is 0 Å². The lowest BCUT2D eigenvalue weighted by atomic mass is 10.1. The van der Waals surface area contributed by atoms with E-state index >= 15 is 0 Å². The average molecular weight is 427 g/mol. The Kier molecular flexibility index (Phi) is 8.49. The van der Waals surface area contributed by atoms with Gasteiger partial charge in [0.2, 0.25) is 0 Å². The second-order valence-corrected chi connectivity index (χ2v) is 6.30. The molecule has 1 fully saturated rings. The lowest BCUT2D eigenvalue weighted by Crippen LogP contribution is -2.47. The minimum Gasteiger partial charge on any atom is -0.370 e. The van der Waals surface area contributed by atoms with Gasteiger partial charge in [0, 0.05) is 55.4 Å². The smallest absolute Gasteiger partial charge is 0.280 e. The molecule has 8 nitrogen and oxygen atoms in total. The van der Waals surface area contributed by atoms with Crippen molar-refractivity contribution in [3.63, 3.8) is 0 Å². The molecule has 1 aromatic heterocycles. The van der Waals surface area contributed by atoms with E-state index in [1.165, 1.54) is 0 Å². The molecular weight excluding hydrogens is 403 g/mol. The van der Waals surface area contributed by atoms with Gasteiger partial charge in [-0.2, -0.15) is 4.99 Å². The second-order valence-electron chi connectivity index (χ2n) is 6.30. The molecule has 0 saturated carbocycles. The molecule has 1 aliphatic rings. The first-order chi connectivity index (χ1) is 12.4. The topological polar surface area (TPSA) is 110 Å². The molecule has 0 atom stereocenters. The molecule has 1 aliphatic heterocycles. The van der Waals surface area contributed by atoms with Crippen LogP contribution in [-0.4, -0.2) is 65.4 Å². The fraction of sp³-hybridized carbons (Fsp3) is 0.278. The Labute approximate surface area is 176 Å². The molecule has 0 radical (unpaired) electrons. The number of carbonyl (C=O) groups excluding carboxylic acids is 2. The molecule has 0 spiro atoms. The number of likely N-dealkylation sites (N-methyl/N-ethyl adjacent to an activating group) is 1. The Bertz CT molecular complexity index is 842. The van der Waals surface area contributed by atoms with Gasteiger partial charge in [-0.25, -0.2) is 0 Å². The highest BCUT2D eigenvalue weighted by atomic mass is 35.5. The van der Waals surface area contributed by atoms with Crippen molar-refractivity contribution in [1.82, 2.24) is 14.4 Å². The van der Waals surface area contributed by atoms with E-state index < -0.39 is 5.91 Å². The van der Waals surface area contributed by atoms with Gasteiger partial charge in [-0.05, 0) is 37.4 Å². The number of rotatable bonds is 3. The number of benzene rings is 1. The van der Waals surface area contributed by atoms with E-state index in [0.717, 1.165) is 13.1 Å². The third kappa shape index (κ3) is 5.48. The molecule has 1 aromatic carbocycles. The molecule has 0 unspecified atom stereocenters. The quantitative estimate of drug-likeness (QED) is 0.564. The van der Waals surface area contributed by atoms with Crippen molar-refractivity contribution in [3.8, 4) is 5.69 Å². The summed E-state index contributed by atoms with van der Waals surface area (Å²) in [6, 6.07) is 8.71. The van der Waals surface area contributed by atoms with Crippen LogP contribution in [0.25, 0.3) is 5.69 Å². The highest BCUT2D eigenvalue weighted by molar-refractivity contribution is 6.04. The maximum Gasteiger partial charge on any atom is 0.280 e. The third-order valence-corrected chi connectivity index (χ3v) is 4.34. The fourth-order valence-corrected chi connectivity index (χ4v) is 2.89. The molecule has 3 rings (SSSR count). The Morgan fingerprint density at radius 2 is 1.50 bits per heavy atom. The van der Waals surface area contributed by atoms with Crippen molar-refractivity contribution in [2.45, 2.75) is 0 Å². The van der Waals surface area contributed by atoms with Crippen LogP contribution in [0.3, 0.4) is 0 Å². The Hall–Kier alpha value is -2.55. The van der Waals surface area contributed by atoms with Gasteiger partial charge in [-0.1, -0.05) is 0 Å². The number of hydrogen-bond donors (Lipinski definition) is 2. The van der Waals surface area contributed by atoms with Crippen molar-refractivity contribution < 1.29 is 9.59 Å². The zero-order chi connectivity index (χ0) is 18.7. The Morgan fingerprint density at radius 3 is 2.07 bits per heavy atom. The highest BCUT2D eigenvalue weighted by Crippen LogP contribution is 2.18. The van der Waals surface area contributed by atoms with Crippen LogP contribution in [0.1, 0.15) is 20.7 Å². The van der Waals surface area contributed by atoms with E-state index in [9.17, 15) is 9.59 Å². The number of amides is 2. The van der Waals surface area contributed by atoms with Crippen LogP contribution >= 0.6 is 24.8 Å². The van der Waals surface area contributed by atoms with Gasteiger partial charge in [-0.3, -0.25) is 9.59 Å². The molecule has 2 amide bonds. The predicted octanol–water partition coefficient (Wildman–Crippen LogP) is 1.12. The lowest BCUT2D eigenvalue weighted by molar-refractivity contribution is 0.0664. The van der Waals surface area contributed by atoms with Gasteiger partial charge < -0.3 is 25.8 Å². The first kappa shape index (κ1) is 23.5. The summed E-state index contributed by atoms with van der Waals surface area (Å²) in [6.45, 7) is 2.95. The molecule has 28 heavy (non-hydrogen) atoms. The highest BCUT2D eigenvalue weighted by Gasteiger charge is 2.22. The summed E-state index contributed by atoms with van der Waals surface area (Å²) >= 11 is 0. The number of nitrogens with zero attached hydrogens (tertiary/aromatic N) is 4. The minimum absolute atomic E-state index is 0. The minimum atomic E-state index is -0.577. The van der Waals surface area contributed by atoms with E-state index in [4.69, 9.17) is 11.5 Å². The first-order valence-electron chi connectivity index (χ1n) is 8.34. The van der Waals surface area contributed by atoms with Gasteiger partial charge in [0.25, 0.3) is 11.8 Å². The monoisotopic (exact) mass is 426 g/mol. The first-order valence-corrected chi connectivity index (χ1v) is 8.34. The van der Waals surface area contributed by atoms with Crippen molar-refractivity contribution in [2.24, 2.45) is 16.5 Å². The number of guanidine groups is 1. The number of aliphatic imine (C=N–C) groups is 1. The Balaban J connectivity index is 0.00000196. The fourth-order valence-electron chi connectivity index (χ4n) is 2.89. The van der Waals surface area contributed by atoms with Gasteiger partial charge in [0.15, 0.2) is 5.96 Å². The standard InChI is InChI=1S/C18H22N6O2.2ClH/c1-22-6-8-24(9-7-22)17(26)14-10-13(16(25)21-18(19)20)11-15(12-14)23-4-2-3-5-23;;/h2-5,10-12H,6-9H2,1H3,(H4,19,20,21,25);2*1H. The summed E-state index contributed by atoms with van der Waals surface area (Å²) in [4.78, 5) is 32.8. The molecule has 2 heterocycles. The van der Waals surface area contributed by atoms with Crippen LogP contribution in [0.4, 0.5) is 0 Å². The molecule has 2 aromatic rings. The molecule has 0 aliphatic carbocycles. The zero-order valence-electron chi connectivity index (χ0n) is 15.4. The third-order valence-electron chi connectivity index (χ3n) is 4.34. The van der Waals surface area contributed by atoms with Crippen molar-refractivity contribution >= 4 is 42.6 Å². The lowest BCUT2D eigenvalue weighted by Gasteiger charge is -2.32. The molecule has 152 valence electrons. The maximum atomic E-state index is 12.9. The summed E-state index contributed by atoms with van der Waals surface area (Å²) in [7, 11) is 2.03. The van der Waals surface area contributed by atoms with Gasteiger partial charge in [-0.15, -0.1) is 24.8 Å². The second kappa shape index (κ2) is 10.1. The van der Waals surface area contributed by atoms with Gasteiger partial charge >= 0.3 is 0 Å². The van der Waals surface area contributed by atoms with Crippen molar-refractivity contribution in [3.05, 3.63) is 53.9 Å². The number of aromatic nitrogens is 1. The van der Waals surface area contributed by atoms with Crippen LogP contribution < -0.4 is 11.5 Å². The summed E-state index contributed by atoms with van der Waals surface area (Å²) in [5, 5.41) is 0. The number of halogens is 2. The number of hydrogen-bond acceptors (Lipinski definition) is 3. The summed E-state index contributed by atoms with van der Waals surface area (Å²) in [6.07, 6.45) is 3.68. The Morgan fingerprint density at radius 1 is 0.929 bits per heavy atom. The predicted molar refractivity (Wildman–Crippen MR) is 114 cm³/mol. The average Bonchev–Trinajstić information content (AvgIpc) is 3.15. The number of piperazine rings is 1.